The fourth-order valence-corrected chi connectivity index (χ4v) is 1.97. The molecule has 0 bridgehead atoms. The van der Waals surface area contributed by atoms with Gasteiger partial charge in [-0.2, -0.15) is 0 Å². The van der Waals surface area contributed by atoms with Crippen molar-refractivity contribution in [1.82, 2.24) is 5.32 Å². The first-order valence-electron chi connectivity index (χ1n) is 7.77. The molecule has 2 aromatic rings. The largest absolute Gasteiger partial charge is 0.459 e. The molecule has 0 aliphatic rings. The van der Waals surface area contributed by atoms with Crippen molar-refractivity contribution in [1.29, 1.82) is 0 Å². The van der Waals surface area contributed by atoms with Crippen LogP contribution in [0.5, 0.6) is 11.5 Å². The van der Waals surface area contributed by atoms with Gasteiger partial charge in [-0.05, 0) is 51.1 Å². The summed E-state index contributed by atoms with van der Waals surface area (Å²) in [5.74, 6) is -1.29. The second kappa shape index (κ2) is 7.79. The van der Waals surface area contributed by atoms with Gasteiger partial charge in [0.1, 0.15) is 17.9 Å². The zero-order chi connectivity index (χ0) is 18.4. The second-order valence-electron chi connectivity index (χ2n) is 6.33. The Hall–Kier alpha value is -2.89. The first-order chi connectivity index (χ1) is 11.7. The van der Waals surface area contributed by atoms with Crippen molar-refractivity contribution >= 4 is 11.9 Å². The maximum Gasteiger partial charge on any atom is 0.325 e. The van der Waals surface area contributed by atoms with Gasteiger partial charge in [-0.25, -0.2) is 4.39 Å². The van der Waals surface area contributed by atoms with Crippen molar-refractivity contribution in [2.24, 2.45) is 0 Å². The van der Waals surface area contributed by atoms with Crippen LogP contribution in [0.2, 0.25) is 0 Å². The van der Waals surface area contributed by atoms with Gasteiger partial charge in [0.25, 0.3) is 5.91 Å². The number of amides is 1. The summed E-state index contributed by atoms with van der Waals surface area (Å²) >= 11 is 0. The number of hydrogen-bond donors (Lipinski definition) is 1. The Bertz CT molecular complexity index is 754. The molecule has 2 rings (SSSR count). The predicted molar refractivity (Wildman–Crippen MR) is 91.1 cm³/mol. The van der Waals surface area contributed by atoms with Crippen molar-refractivity contribution in [3.63, 3.8) is 0 Å². The van der Waals surface area contributed by atoms with Gasteiger partial charge < -0.3 is 14.8 Å². The van der Waals surface area contributed by atoms with E-state index in [0.29, 0.717) is 5.75 Å². The third kappa shape index (κ3) is 5.91. The van der Waals surface area contributed by atoms with Crippen LogP contribution in [0.15, 0.2) is 48.5 Å². The molecule has 0 radical (unpaired) electrons. The number of ether oxygens (including phenoxy) is 2. The molecule has 5 nitrogen and oxygen atoms in total. The van der Waals surface area contributed by atoms with Gasteiger partial charge in [-0.1, -0.05) is 18.2 Å². The molecule has 0 spiro atoms. The number of benzene rings is 2. The van der Waals surface area contributed by atoms with E-state index in [0.717, 1.165) is 6.07 Å². The maximum absolute atomic E-state index is 13.9. The van der Waals surface area contributed by atoms with Crippen LogP contribution >= 0.6 is 0 Å². The summed E-state index contributed by atoms with van der Waals surface area (Å²) in [6.45, 7) is 4.93. The number of carbonyl (C=O) groups is 2. The van der Waals surface area contributed by atoms with Crippen molar-refractivity contribution in [2.75, 3.05) is 6.54 Å². The van der Waals surface area contributed by atoms with Crippen molar-refractivity contribution in [3.8, 4) is 11.5 Å². The minimum Gasteiger partial charge on any atom is -0.459 e. The number of halogens is 1. The lowest BCUT2D eigenvalue weighted by molar-refractivity contribution is -0.153. The molecule has 132 valence electrons. The summed E-state index contributed by atoms with van der Waals surface area (Å²) in [5.41, 5.74) is -0.454. The summed E-state index contributed by atoms with van der Waals surface area (Å²) in [5, 5.41) is 2.44. The van der Waals surface area contributed by atoms with E-state index < -0.39 is 23.3 Å². The molecule has 0 saturated heterocycles. The number of hydrogen-bond acceptors (Lipinski definition) is 4. The standard InChI is InChI=1S/C19H20FNO4/c1-19(2,3)25-17(22)12-21-18(23)13-9-10-15(20)16(11-13)24-14-7-5-4-6-8-14/h4-11H,12H2,1-3H3,(H,21,23). The van der Waals surface area contributed by atoms with E-state index in [9.17, 15) is 14.0 Å². The van der Waals surface area contributed by atoms with E-state index in [4.69, 9.17) is 9.47 Å². The summed E-state index contributed by atoms with van der Waals surface area (Å²) in [6.07, 6.45) is 0. The quantitative estimate of drug-likeness (QED) is 0.840. The average Bonchev–Trinajstić information content (AvgIpc) is 2.54. The molecule has 0 aliphatic heterocycles. The number of esters is 1. The number of rotatable bonds is 5. The average molecular weight is 345 g/mol. The van der Waals surface area contributed by atoms with E-state index in [1.54, 1.807) is 45.0 Å². The van der Waals surface area contributed by atoms with E-state index in [1.165, 1.54) is 12.1 Å². The highest BCUT2D eigenvalue weighted by Gasteiger charge is 2.17. The molecule has 2 aromatic carbocycles. The molecule has 6 heteroatoms. The van der Waals surface area contributed by atoms with Crippen LogP contribution in [0.3, 0.4) is 0 Å². The topological polar surface area (TPSA) is 64.6 Å². The number of para-hydroxylation sites is 1. The molecule has 0 aromatic heterocycles. The third-order valence-corrected chi connectivity index (χ3v) is 2.98. The summed E-state index contributed by atoms with van der Waals surface area (Å²) < 4.78 is 24.4. The highest BCUT2D eigenvalue weighted by atomic mass is 19.1. The maximum atomic E-state index is 13.9. The van der Waals surface area contributed by atoms with Crippen molar-refractivity contribution in [2.45, 2.75) is 26.4 Å². The molecule has 25 heavy (non-hydrogen) atoms. The van der Waals surface area contributed by atoms with E-state index in [2.05, 4.69) is 5.32 Å². The molecule has 0 unspecified atom stereocenters. The smallest absolute Gasteiger partial charge is 0.325 e. The van der Waals surface area contributed by atoms with E-state index in [-0.39, 0.29) is 17.9 Å². The third-order valence-electron chi connectivity index (χ3n) is 2.98. The van der Waals surface area contributed by atoms with Crippen LogP contribution in [0, 0.1) is 5.82 Å². The lowest BCUT2D eigenvalue weighted by Crippen LogP contribution is -2.34. The van der Waals surface area contributed by atoms with Gasteiger partial charge in [0.2, 0.25) is 0 Å². The lowest BCUT2D eigenvalue weighted by Gasteiger charge is -2.19. The Kier molecular flexibility index (Phi) is 5.75. The molecular formula is C19H20FNO4. The molecule has 0 heterocycles. The lowest BCUT2D eigenvalue weighted by atomic mass is 10.2. The number of nitrogens with one attached hydrogen (secondary N) is 1. The van der Waals surface area contributed by atoms with Crippen LogP contribution in [-0.2, 0) is 9.53 Å². The zero-order valence-electron chi connectivity index (χ0n) is 14.3. The normalized spacial score (nSPS) is 10.9. The Morgan fingerprint density at radius 1 is 1.08 bits per heavy atom. The Morgan fingerprint density at radius 3 is 2.40 bits per heavy atom. The van der Waals surface area contributed by atoms with E-state index >= 15 is 0 Å². The minimum atomic E-state index is -0.631. The van der Waals surface area contributed by atoms with Crippen LogP contribution in [0.1, 0.15) is 31.1 Å². The summed E-state index contributed by atoms with van der Waals surface area (Å²) in [7, 11) is 0. The SMILES string of the molecule is CC(C)(C)OC(=O)CNC(=O)c1ccc(F)c(Oc2ccccc2)c1. The first-order valence-corrected chi connectivity index (χ1v) is 7.77. The van der Waals surface area contributed by atoms with Gasteiger partial charge in [0, 0.05) is 5.56 Å². The fourth-order valence-electron chi connectivity index (χ4n) is 1.97. The van der Waals surface area contributed by atoms with Crippen LogP contribution < -0.4 is 10.1 Å². The molecular weight excluding hydrogens is 325 g/mol. The van der Waals surface area contributed by atoms with Crippen molar-refractivity contribution in [3.05, 3.63) is 59.9 Å². The molecule has 1 amide bonds. The predicted octanol–water partition coefficient (Wildman–Crippen LogP) is 3.69. The van der Waals surface area contributed by atoms with Gasteiger partial charge in [-0.3, -0.25) is 9.59 Å². The monoisotopic (exact) mass is 345 g/mol. The Labute approximate surface area is 145 Å². The van der Waals surface area contributed by atoms with Gasteiger partial charge in [0.15, 0.2) is 11.6 Å². The molecule has 0 fully saturated rings. The van der Waals surface area contributed by atoms with Gasteiger partial charge in [0.05, 0.1) is 0 Å². The Balaban J connectivity index is 2.03. The van der Waals surface area contributed by atoms with Gasteiger partial charge in [-0.15, -0.1) is 0 Å². The van der Waals surface area contributed by atoms with Crippen LogP contribution in [0.25, 0.3) is 0 Å². The first kappa shape index (κ1) is 18.4. The summed E-state index contributed by atoms with van der Waals surface area (Å²) in [4.78, 5) is 23.8. The zero-order valence-corrected chi connectivity index (χ0v) is 14.3. The Morgan fingerprint density at radius 2 is 1.76 bits per heavy atom. The van der Waals surface area contributed by atoms with Crippen LogP contribution in [0.4, 0.5) is 4.39 Å². The molecule has 0 aliphatic carbocycles. The number of carbonyl (C=O) groups excluding carboxylic acids is 2. The highest BCUT2D eigenvalue weighted by Crippen LogP contribution is 2.25. The minimum absolute atomic E-state index is 0.0730. The fraction of sp³-hybridized carbons (Fsp3) is 0.263. The van der Waals surface area contributed by atoms with Crippen molar-refractivity contribution < 1.29 is 23.5 Å². The van der Waals surface area contributed by atoms with Crippen LogP contribution in [-0.4, -0.2) is 24.0 Å². The summed E-state index contributed by atoms with van der Waals surface area (Å²) in [6, 6.07) is 12.4. The second-order valence-corrected chi connectivity index (χ2v) is 6.33. The van der Waals surface area contributed by atoms with Gasteiger partial charge >= 0.3 is 5.97 Å². The highest BCUT2D eigenvalue weighted by molar-refractivity contribution is 5.96. The van der Waals surface area contributed by atoms with E-state index in [1.807, 2.05) is 6.07 Å². The molecule has 1 N–H and O–H groups in total. The molecule has 0 saturated carbocycles. The molecule has 0 atom stereocenters.